The topological polar surface area (TPSA) is 51.6 Å². The minimum absolute atomic E-state index is 0.0630. The number of unbranched alkanes of at least 4 members (excludes halogenated alkanes) is 8. The Labute approximate surface area is 401 Å². The lowest BCUT2D eigenvalue weighted by Crippen LogP contribution is -2.54. The van der Waals surface area contributed by atoms with E-state index >= 15 is 0 Å². The summed E-state index contributed by atoms with van der Waals surface area (Å²) in [5, 5.41) is 23.0. The van der Waals surface area contributed by atoms with Gasteiger partial charge in [0.1, 0.15) is 8.07 Å². The molecule has 0 saturated carbocycles. The Bertz CT molecular complexity index is 2160. The second kappa shape index (κ2) is 22.6. The van der Waals surface area contributed by atoms with Crippen molar-refractivity contribution < 1.29 is 0 Å². The van der Waals surface area contributed by atoms with Gasteiger partial charge in [0.05, 0.1) is 9.75 Å². The molecule has 4 nitrogen and oxygen atoms in total. The highest BCUT2D eigenvalue weighted by atomic mass is 32.1. The number of aromatic nitrogens is 4. The van der Waals surface area contributed by atoms with Crippen LogP contribution in [-0.4, -0.2) is 28.5 Å². The summed E-state index contributed by atoms with van der Waals surface area (Å²) >= 11 is 7.96. The van der Waals surface area contributed by atoms with Gasteiger partial charge in [0, 0.05) is 29.3 Å². The summed E-state index contributed by atoms with van der Waals surface area (Å²) in [5.74, 6) is 2.68. The third kappa shape index (κ3) is 11.9. The fraction of sp³-hybridized carbons (Fsp3) is 0.667. The molecular formula is C54H82N4S4Si. The number of rotatable bonds is 25. The largest absolute Gasteiger partial charge is 0.213 e. The first-order valence-electron chi connectivity index (χ1n) is 25.3. The van der Waals surface area contributed by atoms with E-state index in [0.717, 1.165) is 22.6 Å². The van der Waals surface area contributed by atoms with E-state index in [0.29, 0.717) is 23.5 Å². The standard InChI is InChI=1S/C54H82N4S4Si/c1-13-19-23-25-29-63(30-26-24-20-14-2)44-35-41(59-48(44)49-45(63)36-46(62-49)53(7,8)9)47-39(31-37(17-5)27-21-15-3)33-42(60-47)51-55-57-52(58-56-51)43-34-40(50(61-43)54(10,11)12)32-38(18-6)28-22-16-4/h33-38H,13-32H2,1-12H3. The normalized spacial score (nSPS) is 14.7. The Balaban J connectivity index is 1.41. The highest BCUT2D eigenvalue weighted by Gasteiger charge is 2.48. The molecule has 0 spiro atoms. The summed E-state index contributed by atoms with van der Waals surface area (Å²) < 4.78 is 0. The summed E-state index contributed by atoms with van der Waals surface area (Å²) in [6, 6.07) is 13.0. The van der Waals surface area contributed by atoms with Gasteiger partial charge in [-0.05, 0) is 93.4 Å². The lowest BCUT2D eigenvalue weighted by atomic mass is 9.86. The van der Waals surface area contributed by atoms with Crippen LogP contribution in [-0.2, 0) is 23.7 Å². The average Bonchev–Trinajstić information content (AvgIpc) is 4.09. The van der Waals surface area contributed by atoms with Crippen molar-refractivity contribution >= 4 is 63.8 Å². The van der Waals surface area contributed by atoms with Gasteiger partial charge in [-0.3, -0.25) is 0 Å². The number of hydrogen-bond donors (Lipinski definition) is 0. The number of thiophene rings is 4. The van der Waals surface area contributed by atoms with Crippen molar-refractivity contribution in [3.8, 4) is 40.9 Å². The van der Waals surface area contributed by atoms with Crippen LogP contribution in [0.15, 0.2) is 24.3 Å². The second-order valence-corrected chi connectivity index (χ2v) is 29.6. The van der Waals surface area contributed by atoms with E-state index in [1.54, 1.807) is 25.0 Å². The van der Waals surface area contributed by atoms with Gasteiger partial charge < -0.3 is 0 Å². The maximum atomic E-state index is 4.87. The van der Waals surface area contributed by atoms with Crippen LogP contribution in [0.4, 0.5) is 0 Å². The highest BCUT2D eigenvalue weighted by Crippen LogP contribution is 2.50. The van der Waals surface area contributed by atoms with E-state index in [2.05, 4.69) is 130 Å². The molecule has 0 fully saturated rings. The molecule has 0 radical (unpaired) electrons. The molecule has 0 N–H and O–H groups in total. The molecule has 1 aliphatic rings. The van der Waals surface area contributed by atoms with E-state index in [1.807, 2.05) is 22.7 Å². The van der Waals surface area contributed by atoms with E-state index < -0.39 is 8.07 Å². The molecule has 2 unspecified atom stereocenters. The summed E-state index contributed by atoms with van der Waals surface area (Å²) in [5.41, 5.74) is 3.15. The van der Waals surface area contributed by atoms with Crippen LogP contribution in [0.5, 0.6) is 0 Å². The lowest BCUT2D eigenvalue weighted by Gasteiger charge is -2.29. The minimum atomic E-state index is -1.96. The lowest BCUT2D eigenvalue weighted by molar-refractivity contribution is 0.445. The Morgan fingerprint density at radius 2 is 0.952 bits per heavy atom. The van der Waals surface area contributed by atoms with Crippen LogP contribution in [0.25, 0.3) is 40.9 Å². The zero-order chi connectivity index (χ0) is 45.4. The predicted octanol–water partition coefficient (Wildman–Crippen LogP) is 17.3. The van der Waals surface area contributed by atoms with Crippen molar-refractivity contribution in [2.45, 2.75) is 222 Å². The Hall–Kier alpha value is -2.04. The molecule has 2 atom stereocenters. The first-order chi connectivity index (χ1) is 30.2. The van der Waals surface area contributed by atoms with Crippen LogP contribution in [0.2, 0.25) is 12.1 Å². The molecule has 6 heterocycles. The van der Waals surface area contributed by atoms with E-state index in [4.69, 9.17) is 20.4 Å². The number of nitrogens with zero attached hydrogens (tertiary/aromatic N) is 4. The Morgan fingerprint density at radius 1 is 0.476 bits per heavy atom. The maximum absolute atomic E-state index is 4.87. The number of hydrogen-bond acceptors (Lipinski definition) is 8. The SMILES string of the molecule is CCCCCC[Si]1(CCCCCC)c2cc(-c3sc(-c4nnc(-c5cc(CC(CC)CCCC)c(C(C)(C)C)s5)nn4)cc3CC(CC)CCCC)sc2-c2sc(C(C)(C)C)cc21. The molecule has 346 valence electrons. The monoisotopic (exact) mass is 943 g/mol. The average molecular weight is 944 g/mol. The molecule has 0 aromatic carbocycles. The van der Waals surface area contributed by atoms with Crippen molar-refractivity contribution in [3.63, 3.8) is 0 Å². The Kier molecular flexibility index (Phi) is 18.1. The zero-order valence-electron chi connectivity index (χ0n) is 41.5. The fourth-order valence-electron chi connectivity index (χ4n) is 9.99. The van der Waals surface area contributed by atoms with E-state index in [-0.39, 0.29) is 10.8 Å². The summed E-state index contributed by atoms with van der Waals surface area (Å²) in [6.45, 7) is 28.3. The molecule has 0 amide bonds. The minimum Gasteiger partial charge on any atom is -0.139 e. The smallest absolute Gasteiger partial charge is 0.139 e. The van der Waals surface area contributed by atoms with Gasteiger partial charge >= 0.3 is 0 Å². The molecule has 6 rings (SSSR count). The molecule has 63 heavy (non-hydrogen) atoms. The van der Waals surface area contributed by atoms with Crippen molar-refractivity contribution in [3.05, 3.63) is 45.1 Å². The predicted molar refractivity (Wildman–Crippen MR) is 285 cm³/mol. The van der Waals surface area contributed by atoms with Gasteiger partial charge in [-0.25, -0.2) is 0 Å². The Morgan fingerprint density at radius 3 is 1.46 bits per heavy atom. The molecular weight excluding hydrogens is 861 g/mol. The molecule has 1 aliphatic heterocycles. The second-order valence-electron chi connectivity index (χ2n) is 21.1. The van der Waals surface area contributed by atoms with Crippen LogP contribution < -0.4 is 10.4 Å². The molecule has 5 aromatic rings. The third-order valence-corrected chi connectivity index (χ3v) is 25.3. The van der Waals surface area contributed by atoms with Gasteiger partial charge in [-0.2, -0.15) is 0 Å². The maximum Gasteiger partial charge on any atom is 0.213 e. The number of fused-ring (bicyclic) bond motifs is 3. The van der Waals surface area contributed by atoms with Crippen molar-refractivity contribution in [2.24, 2.45) is 11.8 Å². The molecule has 0 bridgehead atoms. The van der Waals surface area contributed by atoms with Crippen LogP contribution >= 0.6 is 45.3 Å². The van der Waals surface area contributed by atoms with Gasteiger partial charge in [-0.1, -0.05) is 186 Å². The zero-order valence-corrected chi connectivity index (χ0v) is 45.8. The van der Waals surface area contributed by atoms with Gasteiger partial charge in [0.15, 0.2) is 0 Å². The van der Waals surface area contributed by atoms with E-state index in [9.17, 15) is 0 Å². The first kappa shape index (κ1) is 50.4. The van der Waals surface area contributed by atoms with Gasteiger partial charge in [0.2, 0.25) is 11.6 Å². The summed E-state index contributed by atoms with van der Waals surface area (Å²) in [4.78, 5) is 11.4. The quantitative estimate of drug-likeness (QED) is 0.0432. The van der Waals surface area contributed by atoms with Crippen LogP contribution in [0, 0.1) is 11.8 Å². The first-order valence-corrected chi connectivity index (χ1v) is 31.0. The summed E-state index contributed by atoms with van der Waals surface area (Å²) in [6.07, 6.45) is 23.0. The third-order valence-electron chi connectivity index (χ3n) is 13.9. The fourth-order valence-corrected chi connectivity index (χ4v) is 21.9. The molecule has 0 aliphatic carbocycles. The van der Waals surface area contributed by atoms with E-state index in [1.165, 1.54) is 141 Å². The molecule has 0 saturated heterocycles. The van der Waals surface area contributed by atoms with Crippen molar-refractivity contribution in [1.82, 2.24) is 20.4 Å². The summed E-state index contributed by atoms with van der Waals surface area (Å²) in [7, 11) is -1.96. The highest BCUT2D eigenvalue weighted by molar-refractivity contribution is 7.32. The van der Waals surface area contributed by atoms with Crippen LogP contribution in [0.3, 0.4) is 0 Å². The van der Waals surface area contributed by atoms with Gasteiger partial charge in [0.25, 0.3) is 0 Å². The van der Waals surface area contributed by atoms with Crippen molar-refractivity contribution in [1.29, 1.82) is 0 Å². The van der Waals surface area contributed by atoms with Gasteiger partial charge in [-0.15, -0.1) is 65.7 Å². The van der Waals surface area contributed by atoms with Crippen LogP contribution in [0.1, 0.15) is 207 Å². The van der Waals surface area contributed by atoms with Crippen molar-refractivity contribution in [2.75, 3.05) is 0 Å². The molecule has 9 heteroatoms. The molecule has 5 aromatic heterocycles.